The van der Waals surface area contributed by atoms with E-state index < -0.39 is 0 Å². The number of quaternary nitrogens is 1. The molecule has 0 amide bonds. The summed E-state index contributed by atoms with van der Waals surface area (Å²) in [5, 5.41) is 5.14. The number of rotatable bonds is 5. The van der Waals surface area contributed by atoms with E-state index >= 15 is 0 Å². The molecule has 1 unspecified atom stereocenters. The highest BCUT2D eigenvalue weighted by Crippen LogP contribution is 2.19. The molecule has 0 spiro atoms. The van der Waals surface area contributed by atoms with E-state index in [1.165, 1.54) is 4.90 Å². The van der Waals surface area contributed by atoms with Gasteiger partial charge in [0.2, 0.25) is 4.77 Å². The second-order valence-corrected chi connectivity index (χ2v) is 7.44. The van der Waals surface area contributed by atoms with Crippen LogP contribution in [0.2, 0.25) is 5.02 Å². The number of carbonyl (C=O) groups excluding carboxylic acids is 1. The van der Waals surface area contributed by atoms with Crippen LogP contribution in [-0.4, -0.2) is 40.0 Å². The van der Waals surface area contributed by atoms with Crippen molar-refractivity contribution in [1.82, 2.24) is 14.3 Å². The van der Waals surface area contributed by atoms with Gasteiger partial charge in [0.25, 0.3) is 0 Å². The minimum absolute atomic E-state index is 0.0362. The van der Waals surface area contributed by atoms with Crippen molar-refractivity contribution >= 4 is 29.8 Å². The molecule has 0 bridgehead atoms. The van der Waals surface area contributed by atoms with Gasteiger partial charge in [0, 0.05) is 5.02 Å². The summed E-state index contributed by atoms with van der Waals surface area (Å²) in [6, 6.07) is 5.84. The van der Waals surface area contributed by atoms with E-state index in [0.717, 1.165) is 37.2 Å². The van der Waals surface area contributed by atoms with Gasteiger partial charge in [0.1, 0.15) is 12.2 Å². The third-order valence-electron chi connectivity index (χ3n) is 4.78. The predicted molar refractivity (Wildman–Crippen MR) is 102 cm³/mol. The summed E-state index contributed by atoms with van der Waals surface area (Å²) in [5.74, 6) is -0.126. The normalized spacial score (nSPS) is 20.1. The van der Waals surface area contributed by atoms with Crippen LogP contribution in [0.25, 0.3) is 5.69 Å². The minimum Gasteiger partial charge on any atom is -0.466 e. The van der Waals surface area contributed by atoms with Crippen LogP contribution in [0.5, 0.6) is 0 Å². The summed E-state index contributed by atoms with van der Waals surface area (Å²) in [6.45, 7) is 6.63. The van der Waals surface area contributed by atoms with E-state index in [9.17, 15) is 4.79 Å². The van der Waals surface area contributed by atoms with E-state index in [4.69, 9.17) is 28.6 Å². The zero-order valence-electron chi connectivity index (χ0n) is 15.1. The molecule has 1 aliphatic heterocycles. The van der Waals surface area contributed by atoms with Crippen LogP contribution in [-0.2, 0) is 16.2 Å². The Morgan fingerprint density at radius 2 is 2.31 bits per heavy atom. The number of aromatic nitrogens is 3. The minimum atomic E-state index is -0.0897. The number of ether oxygens (including phenoxy) is 1. The number of piperidine rings is 1. The molecule has 2 aromatic rings. The standard InChI is InChI=1S/C18H23ClN4O2S/c1-3-25-17(24)14-5-4-8-21(10-14)12-23-18(26)22(11-20-23)15-7-6-13(2)16(19)9-15/h6-7,9,11,14H,3-5,8,10,12H2,1-2H3/p+1/t14-/m0/s1. The molecule has 0 aliphatic carbocycles. The molecular formula is C18H24ClN4O2S+. The summed E-state index contributed by atoms with van der Waals surface area (Å²) in [4.78, 5) is 13.3. The molecule has 1 saturated heterocycles. The molecule has 0 saturated carbocycles. The van der Waals surface area contributed by atoms with Crippen LogP contribution in [0, 0.1) is 17.6 Å². The van der Waals surface area contributed by atoms with Crippen molar-refractivity contribution in [2.45, 2.75) is 33.4 Å². The largest absolute Gasteiger partial charge is 0.466 e. The second kappa shape index (κ2) is 8.33. The lowest BCUT2D eigenvalue weighted by atomic mass is 9.99. The second-order valence-electron chi connectivity index (χ2n) is 6.67. The van der Waals surface area contributed by atoms with Gasteiger partial charge in [-0.05, 0) is 56.6 Å². The number of carbonyl (C=O) groups is 1. The monoisotopic (exact) mass is 395 g/mol. The molecule has 0 radical (unpaired) electrons. The van der Waals surface area contributed by atoms with Crippen molar-refractivity contribution in [1.29, 1.82) is 0 Å². The molecular weight excluding hydrogens is 372 g/mol. The first kappa shape index (κ1) is 19.1. The maximum atomic E-state index is 12.0. The number of esters is 1. The summed E-state index contributed by atoms with van der Waals surface area (Å²) in [6.07, 6.45) is 3.61. The topological polar surface area (TPSA) is 53.5 Å². The van der Waals surface area contributed by atoms with Crippen LogP contribution in [0.15, 0.2) is 24.5 Å². The Labute approximate surface area is 163 Å². The fourth-order valence-corrected chi connectivity index (χ4v) is 3.76. The zero-order chi connectivity index (χ0) is 18.7. The molecule has 1 fully saturated rings. The number of nitrogens with one attached hydrogen (secondary N) is 1. The van der Waals surface area contributed by atoms with E-state index in [2.05, 4.69) is 5.10 Å². The Morgan fingerprint density at radius 1 is 1.50 bits per heavy atom. The van der Waals surface area contributed by atoms with E-state index in [0.29, 0.717) is 23.1 Å². The number of hydrogen-bond acceptors (Lipinski definition) is 4. The van der Waals surface area contributed by atoms with Crippen LogP contribution in [0.1, 0.15) is 25.3 Å². The maximum absolute atomic E-state index is 12.0. The third-order valence-corrected chi connectivity index (χ3v) is 5.59. The summed E-state index contributed by atoms with van der Waals surface area (Å²) >= 11 is 11.8. The van der Waals surface area contributed by atoms with Crippen LogP contribution >= 0.6 is 23.8 Å². The Hall–Kier alpha value is -1.70. The molecule has 1 N–H and O–H groups in total. The Morgan fingerprint density at radius 3 is 3.04 bits per heavy atom. The van der Waals surface area contributed by atoms with Crippen molar-refractivity contribution in [2.24, 2.45) is 5.92 Å². The van der Waals surface area contributed by atoms with Crippen molar-refractivity contribution in [3.8, 4) is 5.69 Å². The van der Waals surface area contributed by atoms with Gasteiger partial charge in [-0.1, -0.05) is 17.7 Å². The van der Waals surface area contributed by atoms with Crippen LogP contribution in [0.3, 0.4) is 0 Å². The van der Waals surface area contributed by atoms with E-state index in [1.54, 1.807) is 6.33 Å². The smallest absolute Gasteiger partial charge is 0.314 e. The molecule has 140 valence electrons. The van der Waals surface area contributed by atoms with Crippen LogP contribution in [0.4, 0.5) is 0 Å². The molecule has 1 aliphatic rings. The summed E-state index contributed by atoms with van der Waals surface area (Å²) in [7, 11) is 0. The molecule has 1 aromatic heterocycles. The van der Waals surface area contributed by atoms with E-state index in [1.807, 2.05) is 41.3 Å². The number of likely N-dealkylation sites (tertiary alicyclic amines) is 1. The van der Waals surface area contributed by atoms with Gasteiger partial charge in [-0.2, -0.15) is 9.78 Å². The molecule has 8 heteroatoms. The molecule has 6 nitrogen and oxygen atoms in total. The fourth-order valence-electron chi connectivity index (χ4n) is 3.32. The lowest BCUT2D eigenvalue weighted by Crippen LogP contribution is -3.13. The Bertz CT molecular complexity index is 848. The van der Waals surface area contributed by atoms with Gasteiger partial charge in [0.05, 0.1) is 25.4 Å². The van der Waals surface area contributed by atoms with Gasteiger partial charge in [-0.3, -0.25) is 9.36 Å². The maximum Gasteiger partial charge on any atom is 0.314 e. The molecule has 2 heterocycles. The number of benzene rings is 1. The summed E-state index contributed by atoms with van der Waals surface area (Å²) in [5.41, 5.74) is 1.92. The SMILES string of the molecule is CCOC(=O)[C@H]1CCC[NH+](Cn2ncn(-c3ccc(C)c(Cl)c3)c2=S)C1. The van der Waals surface area contributed by atoms with Gasteiger partial charge < -0.3 is 9.64 Å². The van der Waals surface area contributed by atoms with Gasteiger partial charge in [-0.25, -0.2) is 0 Å². The highest BCUT2D eigenvalue weighted by Gasteiger charge is 2.30. The van der Waals surface area contributed by atoms with Crippen molar-refractivity contribution in [2.75, 3.05) is 19.7 Å². The van der Waals surface area contributed by atoms with Crippen molar-refractivity contribution in [3.63, 3.8) is 0 Å². The number of nitrogens with zero attached hydrogens (tertiary/aromatic N) is 3. The first-order chi connectivity index (χ1) is 12.5. The number of aryl methyl sites for hydroxylation is 1. The van der Waals surface area contributed by atoms with Crippen molar-refractivity contribution in [3.05, 3.63) is 39.9 Å². The highest BCUT2D eigenvalue weighted by molar-refractivity contribution is 7.71. The third kappa shape index (κ3) is 4.16. The predicted octanol–water partition coefficient (Wildman–Crippen LogP) is 2.18. The number of hydrogen-bond donors (Lipinski definition) is 1. The van der Waals surface area contributed by atoms with Gasteiger partial charge in [-0.15, -0.1) is 0 Å². The molecule has 3 rings (SSSR count). The fraction of sp³-hybridized carbons (Fsp3) is 0.500. The molecule has 2 atom stereocenters. The molecule has 1 aromatic carbocycles. The molecule has 26 heavy (non-hydrogen) atoms. The highest BCUT2D eigenvalue weighted by atomic mass is 35.5. The lowest BCUT2D eigenvalue weighted by Gasteiger charge is -2.28. The quantitative estimate of drug-likeness (QED) is 0.622. The lowest BCUT2D eigenvalue weighted by molar-refractivity contribution is -0.930. The first-order valence-electron chi connectivity index (χ1n) is 8.90. The Kier molecular flexibility index (Phi) is 6.11. The van der Waals surface area contributed by atoms with Crippen LogP contribution < -0.4 is 4.90 Å². The zero-order valence-corrected chi connectivity index (χ0v) is 16.6. The van der Waals surface area contributed by atoms with Gasteiger partial charge >= 0.3 is 5.97 Å². The number of halogens is 1. The van der Waals surface area contributed by atoms with Gasteiger partial charge in [0.15, 0.2) is 6.67 Å². The van der Waals surface area contributed by atoms with E-state index in [-0.39, 0.29) is 11.9 Å². The Balaban J connectivity index is 1.73. The average Bonchev–Trinajstić information content (AvgIpc) is 2.98. The first-order valence-corrected chi connectivity index (χ1v) is 9.69. The average molecular weight is 396 g/mol. The van der Waals surface area contributed by atoms with Crippen molar-refractivity contribution < 1.29 is 14.4 Å². The summed E-state index contributed by atoms with van der Waals surface area (Å²) < 4.78 is 9.46.